The summed E-state index contributed by atoms with van der Waals surface area (Å²) in [6, 6.07) is 1.22. The average Bonchev–Trinajstić information content (AvgIpc) is 2.75. The van der Waals surface area contributed by atoms with E-state index in [2.05, 4.69) is 4.98 Å². The van der Waals surface area contributed by atoms with Gasteiger partial charge in [-0.25, -0.2) is 13.4 Å². The number of hydrogen-bond donors (Lipinski definition) is 2. The molecule has 0 unspecified atom stereocenters. The third-order valence-electron chi connectivity index (χ3n) is 3.36. The molecule has 1 aliphatic rings. The predicted molar refractivity (Wildman–Crippen MR) is 72.7 cm³/mol. The summed E-state index contributed by atoms with van der Waals surface area (Å²) in [6.45, 7) is 1.75. The van der Waals surface area contributed by atoms with E-state index in [1.54, 1.807) is 6.92 Å². The van der Waals surface area contributed by atoms with Gasteiger partial charge in [-0.1, -0.05) is 18.5 Å². The highest BCUT2D eigenvalue weighted by Gasteiger charge is 2.41. The first-order valence-electron chi connectivity index (χ1n) is 5.87. The van der Waals surface area contributed by atoms with Crippen molar-refractivity contribution in [3.05, 3.63) is 17.3 Å². The Labute approximate surface area is 121 Å². The lowest BCUT2D eigenvalue weighted by Gasteiger charge is -2.17. The largest absolute Gasteiger partial charge is 0.481 e. The van der Waals surface area contributed by atoms with Crippen molar-refractivity contribution in [3.8, 4) is 0 Å². The first-order chi connectivity index (χ1) is 9.23. The van der Waals surface area contributed by atoms with Crippen LogP contribution in [0.5, 0.6) is 0 Å². The lowest BCUT2D eigenvalue weighted by atomic mass is 9.99. The quantitative estimate of drug-likeness (QED) is 0.846. The normalized spacial score (nSPS) is 23.9. The Hall–Kier alpha value is -1.38. The van der Waals surface area contributed by atoms with Gasteiger partial charge in [0.25, 0.3) is 0 Å². The van der Waals surface area contributed by atoms with Gasteiger partial charge in [0.15, 0.2) is 0 Å². The summed E-state index contributed by atoms with van der Waals surface area (Å²) >= 11 is 5.74. The van der Waals surface area contributed by atoms with Gasteiger partial charge < -0.3 is 10.8 Å². The molecular formula is C11H14ClN3O4S. The molecule has 1 saturated heterocycles. The lowest BCUT2D eigenvalue weighted by molar-refractivity contribution is -0.142. The van der Waals surface area contributed by atoms with Gasteiger partial charge in [0, 0.05) is 19.3 Å². The fourth-order valence-electron chi connectivity index (χ4n) is 2.22. The summed E-state index contributed by atoms with van der Waals surface area (Å²) < 4.78 is 26.1. The van der Waals surface area contributed by atoms with Gasteiger partial charge in [0.2, 0.25) is 10.0 Å². The molecule has 0 bridgehead atoms. The number of carboxylic acid groups (broad SMARTS) is 1. The van der Waals surface area contributed by atoms with Crippen LogP contribution >= 0.6 is 11.6 Å². The van der Waals surface area contributed by atoms with Crippen molar-refractivity contribution < 1.29 is 18.3 Å². The van der Waals surface area contributed by atoms with Crippen molar-refractivity contribution in [2.45, 2.75) is 11.8 Å². The van der Waals surface area contributed by atoms with Crippen molar-refractivity contribution >= 4 is 33.4 Å². The van der Waals surface area contributed by atoms with Gasteiger partial charge >= 0.3 is 5.97 Å². The number of halogens is 1. The van der Waals surface area contributed by atoms with E-state index in [-0.39, 0.29) is 34.7 Å². The monoisotopic (exact) mass is 319 g/mol. The van der Waals surface area contributed by atoms with Crippen molar-refractivity contribution in [1.29, 1.82) is 0 Å². The van der Waals surface area contributed by atoms with E-state index >= 15 is 0 Å². The number of aromatic nitrogens is 1. The minimum absolute atomic E-state index is 0.0786. The number of sulfonamides is 1. The van der Waals surface area contributed by atoms with Gasteiger partial charge in [-0.3, -0.25) is 4.79 Å². The van der Waals surface area contributed by atoms with Crippen LogP contribution in [-0.2, 0) is 14.8 Å². The van der Waals surface area contributed by atoms with E-state index in [4.69, 9.17) is 22.4 Å². The number of nitrogens with two attached hydrogens (primary N) is 1. The van der Waals surface area contributed by atoms with Gasteiger partial charge in [-0.2, -0.15) is 4.31 Å². The second-order valence-electron chi connectivity index (χ2n) is 4.78. The van der Waals surface area contributed by atoms with Crippen LogP contribution in [0.25, 0.3) is 0 Å². The number of hydrogen-bond acceptors (Lipinski definition) is 5. The van der Waals surface area contributed by atoms with E-state index in [0.717, 1.165) is 4.31 Å². The third kappa shape index (κ3) is 2.58. The molecule has 0 saturated carbocycles. The Balaban J connectivity index is 2.37. The number of nitrogens with zero attached hydrogens (tertiary/aromatic N) is 2. The fraction of sp³-hybridized carbons (Fsp3) is 0.455. The first kappa shape index (κ1) is 15.0. The maximum Gasteiger partial charge on any atom is 0.308 e. The predicted octanol–water partition coefficient (Wildman–Crippen LogP) is 0.658. The summed E-state index contributed by atoms with van der Waals surface area (Å²) in [6.07, 6.45) is 1.25. The Kier molecular flexibility index (Phi) is 3.90. The smallest absolute Gasteiger partial charge is 0.308 e. The zero-order valence-electron chi connectivity index (χ0n) is 10.7. The van der Waals surface area contributed by atoms with Crippen LogP contribution in [-0.4, -0.2) is 41.9 Å². The number of aliphatic carboxylic acids is 1. The Morgan fingerprint density at radius 3 is 2.75 bits per heavy atom. The SMILES string of the molecule is C[C@@H]1CN(S(=O)(=O)c2cc(Cl)cnc2N)C[C@H]1C(=O)O. The number of nitrogen functional groups attached to an aromatic ring is 1. The maximum atomic E-state index is 12.5. The summed E-state index contributed by atoms with van der Waals surface area (Å²) in [4.78, 5) is 14.6. The molecule has 110 valence electrons. The number of carboxylic acids is 1. The van der Waals surface area contributed by atoms with Crippen LogP contribution in [0, 0.1) is 11.8 Å². The molecule has 2 atom stereocenters. The maximum absolute atomic E-state index is 12.5. The zero-order valence-corrected chi connectivity index (χ0v) is 12.2. The van der Waals surface area contributed by atoms with E-state index < -0.39 is 21.9 Å². The van der Waals surface area contributed by atoms with Gasteiger partial charge in [-0.15, -0.1) is 0 Å². The highest BCUT2D eigenvalue weighted by Crippen LogP contribution is 2.31. The van der Waals surface area contributed by atoms with E-state index in [0.29, 0.717) is 0 Å². The zero-order chi connectivity index (χ0) is 15.1. The molecule has 1 fully saturated rings. The highest BCUT2D eigenvalue weighted by molar-refractivity contribution is 7.89. The van der Waals surface area contributed by atoms with Gasteiger partial charge in [0.1, 0.15) is 10.7 Å². The molecule has 9 heteroatoms. The average molecular weight is 320 g/mol. The number of carbonyl (C=O) groups is 1. The van der Waals surface area contributed by atoms with Gasteiger partial charge in [-0.05, 0) is 12.0 Å². The summed E-state index contributed by atoms with van der Waals surface area (Å²) in [5, 5.41) is 9.21. The van der Waals surface area contributed by atoms with E-state index in [1.165, 1.54) is 12.3 Å². The Morgan fingerprint density at radius 1 is 1.55 bits per heavy atom. The van der Waals surface area contributed by atoms with Crippen LogP contribution in [0.2, 0.25) is 5.02 Å². The van der Waals surface area contributed by atoms with Crippen LogP contribution < -0.4 is 5.73 Å². The minimum Gasteiger partial charge on any atom is -0.481 e. The molecular weight excluding hydrogens is 306 g/mol. The second kappa shape index (κ2) is 5.19. The molecule has 1 aromatic heterocycles. The lowest BCUT2D eigenvalue weighted by Crippen LogP contribution is -2.30. The van der Waals surface area contributed by atoms with Crippen molar-refractivity contribution in [2.24, 2.45) is 11.8 Å². The molecule has 0 spiro atoms. The molecule has 1 aliphatic heterocycles. The summed E-state index contributed by atoms with van der Waals surface area (Å²) in [5.74, 6) is -2.15. The van der Waals surface area contributed by atoms with Crippen molar-refractivity contribution in [1.82, 2.24) is 9.29 Å². The van der Waals surface area contributed by atoms with Crippen molar-refractivity contribution in [2.75, 3.05) is 18.8 Å². The van der Waals surface area contributed by atoms with Crippen LogP contribution in [0.4, 0.5) is 5.82 Å². The van der Waals surface area contributed by atoms with Gasteiger partial charge in [0.05, 0.1) is 10.9 Å². The molecule has 2 rings (SSSR count). The standard InChI is InChI=1S/C11H14ClN3O4S/c1-6-4-15(5-8(6)11(16)17)20(18,19)9-2-7(12)3-14-10(9)13/h2-3,6,8H,4-5H2,1H3,(H2,13,14)(H,16,17)/t6-,8-/m1/s1. The Bertz CT molecular complexity index is 649. The van der Waals surface area contributed by atoms with Crippen molar-refractivity contribution in [3.63, 3.8) is 0 Å². The van der Waals surface area contributed by atoms with Crippen LogP contribution in [0.1, 0.15) is 6.92 Å². The third-order valence-corrected chi connectivity index (χ3v) is 5.43. The summed E-state index contributed by atoms with van der Waals surface area (Å²) in [7, 11) is -3.89. The van der Waals surface area contributed by atoms with Crippen LogP contribution in [0.15, 0.2) is 17.2 Å². The highest BCUT2D eigenvalue weighted by atomic mass is 35.5. The van der Waals surface area contributed by atoms with Crippen LogP contribution in [0.3, 0.4) is 0 Å². The number of pyridine rings is 1. The molecule has 2 heterocycles. The molecule has 0 radical (unpaired) electrons. The Morgan fingerprint density at radius 2 is 2.20 bits per heavy atom. The molecule has 7 nitrogen and oxygen atoms in total. The molecule has 0 amide bonds. The summed E-state index contributed by atoms with van der Waals surface area (Å²) in [5.41, 5.74) is 5.58. The molecule has 0 aromatic carbocycles. The second-order valence-corrected chi connectivity index (χ2v) is 7.12. The number of rotatable bonds is 3. The topological polar surface area (TPSA) is 114 Å². The van der Waals surface area contributed by atoms with E-state index in [1.807, 2.05) is 0 Å². The molecule has 20 heavy (non-hydrogen) atoms. The molecule has 3 N–H and O–H groups in total. The molecule has 0 aliphatic carbocycles. The first-order valence-corrected chi connectivity index (χ1v) is 7.69. The molecule has 1 aromatic rings. The number of anilines is 1. The fourth-order valence-corrected chi connectivity index (χ4v) is 4.10. The van der Waals surface area contributed by atoms with E-state index in [9.17, 15) is 13.2 Å². The minimum atomic E-state index is -3.89.